The van der Waals surface area contributed by atoms with Crippen LogP contribution in [0.2, 0.25) is 0 Å². The van der Waals surface area contributed by atoms with Crippen molar-refractivity contribution in [3.8, 4) is 23.0 Å². The molecular formula is C26H18O11. The number of aromatic carboxylic acids is 1. The van der Waals surface area contributed by atoms with Gasteiger partial charge in [0.25, 0.3) is 6.29 Å². The van der Waals surface area contributed by atoms with Crippen molar-refractivity contribution < 1.29 is 53.4 Å². The van der Waals surface area contributed by atoms with Gasteiger partial charge in [-0.15, -0.1) is 0 Å². The Morgan fingerprint density at radius 3 is 2.24 bits per heavy atom. The quantitative estimate of drug-likeness (QED) is 0.350. The first-order chi connectivity index (χ1) is 17.5. The first-order valence-electron chi connectivity index (χ1n) is 10.9. The minimum absolute atomic E-state index is 0.0389. The van der Waals surface area contributed by atoms with Crippen LogP contribution in [0.25, 0.3) is 0 Å². The Morgan fingerprint density at radius 1 is 0.919 bits per heavy atom. The molecule has 0 amide bonds. The lowest BCUT2D eigenvalue weighted by Crippen LogP contribution is -2.36. The third-order valence-corrected chi connectivity index (χ3v) is 5.99. The van der Waals surface area contributed by atoms with Gasteiger partial charge in [0, 0.05) is 37.1 Å². The Bertz CT molecular complexity index is 1510. The van der Waals surface area contributed by atoms with Crippen LogP contribution in [-0.2, 0) is 29.4 Å². The van der Waals surface area contributed by atoms with Crippen LogP contribution in [-0.4, -0.2) is 39.2 Å². The van der Waals surface area contributed by atoms with Gasteiger partial charge in [-0.3, -0.25) is 9.59 Å². The summed E-state index contributed by atoms with van der Waals surface area (Å²) in [4.78, 5) is 49.4. The lowest BCUT2D eigenvalue weighted by atomic mass is 9.74. The number of fused-ring (bicyclic) bond motifs is 6. The Kier molecular flexibility index (Phi) is 5.29. The zero-order chi connectivity index (χ0) is 26.6. The van der Waals surface area contributed by atoms with Gasteiger partial charge in [0.1, 0.15) is 23.0 Å². The van der Waals surface area contributed by atoms with Gasteiger partial charge in [0.2, 0.25) is 0 Å². The third-order valence-electron chi connectivity index (χ3n) is 5.99. The van der Waals surface area contributed by atoms with Gasteiger partial charge in [0.05, 0.1) is 22.3 Å². The highest BCUT2D eigenvalue weighted by atomic mass is 16.7. The lowest BCUT2D eigenvalue weighted by Gasteiger charge is -2.38. The molecule has 2 aliphatic rings. The Morgan fingerprint density at radius 2 is 1.59 bits per heavy atom. The predicted molar refractivity (Wildman–Crippen MR) is 121 cm³/mol. The zero-order valence-electron chi connectivity index (χ0n) is 19.3. The van der Waals surface area contributed by atoms with E-state index in [-0.39, 0.29) is 39.5 Å². The van der Waals surface area contributed by atoms with Crippen molar-refractivity contribution in [2.75, 3.05) is 0 Å². The topological polar surface area (TPSA) is 166 Å². The average molecular weight is 506 g/mol. The van der Waals surface area contributed by atoms with E-state index in [9.17, 15) is 34.5 Å². The van der Waals surface area contributed by atoms with Crippen LogP contribution in [0.15, 0.2) is 48.5 Å². The fourth-order valence-corrected chi connectivity index (χ4v) is 4.74. The molecule has 3 aromatic carbocycles. The number of rotatable bonds is 4. The highest BCUT2D eigenvalue weighted by Crippen LogP contribution is 2.59. The van der Waals surface area contributed by atoms with E-state index in [1.54, 1.807) is 18.2 Å². The van der Waals surface area contributed by atoms with Crippen LogP contribution in [0.5, 0.6) is 23.0 Å². The summed E-state index contributed by atoms with van der Waals surface area (Å²) in [6.07, 6.45) is -1.95. The summed E-state index contributed by atoms with van der Waals surface area (Å²) in [6, 6.07) is 11.3. The van der Waals surface area contributed by atoms with E-state index in [0.29, 0.717) is 0 Å². The SMILES string of the molecule is CC(=O)OC(OC(C)=O)c1c(O)cc2c(c1C(=O)O)C1(OC(=O)c3ccccc31)c1ccc(O)cc1O2. The van der Waals surface area contributed by atoms with E-state index in [1.807, 2.05) is 0 Å². The van der Waals surface area contributed by atoms with Crippen LogP contribution in [0, 0.1) is 0 Å². The van der Waals surface area contributed by atoms with Gasteiger partial charge in [-0.25, -0.2) is 9.59 Å². The minimum atomic E-state index is -1.95. The molecular weight excluding hydrogens is 488 g/mol. The van der Waals surface area contributed by atoms with Crippen molar-refractivity contribution in [2.24, 2.45) is 0 Å². The van der Waals surface area contributed by atoms with E-state index >= 15 is 0 Å². The number of hydrogen-bond donors (Lipinski definition) is 3. The van der Waals surface area contributed by atoms with Crippen molar-refractivity contribution in [3.05, 3.63) is 81.9 Å². The van der Waals surface area contributed by atoms with Crippen molar-refractivity contribution in [3.63, 3.8) is 0 Å². The lowest BCUT2D eigenvalue weighted by molar-refractivity contribution is -0.186. The van der Waals surface area contributed by atoms with Crippen molar-refractivity contribution >= 4 is 23.9 Å². The molecule has 11 nitrogen and oxygen atoms in total. The van der Waals surface area contributed by atoms with Crippen LogP contribution in [0.3, 0.4) is 0 Å². The molecule has 0 radical (unpaired) electrons. The van der Waals surface area contributed by atoms with Crippen molar-refractivity contribution in [2.45, 2.75) is 25.7 Å². The number of hydrogen-bond acceptors (Lipinski definition) is 10. The number of phenols is 2. The van der Waals surface area contributed by atoms with Crippen molar-refractivity contribution in [1.29, 1.82) is 0 Å². The minimum Gasteiger partial charge on any atom is -0.508 e. The molecule has 1 unspecified atom stereocenters. The van der Waals surface area contributed by atoms with Crippen LogP contribution in [0.4, 0.5) is 0 Å². The number of aromatic hydroxyl groups is 2. The highest BCUT2D eigenvalue weighted by Gasteiger charge is 2.56. The highest BCUT2D eigenvalue weighted by molar-refractivity contribution is 6.00. The molecule has 11 heteroatoms. The summed E-state index contributed by atoms with van der Waals surface area (Å²) in [7, 11) is 0. The Balaban J connectivity index is 1.92. The molecule has 3 aromatic rings. The molecule has 0 aromatic heterocycles. The number of esters is 3. The van der Waals surface area contributed by atoms with E-state index in [0.717, 1.165) is 19.9 Å². The Labute approximate surface area is 208 Å². The summed E-state index contributed by atoms with van der Waals surface area (Å²) in [5, 5.41) is 31.3. The van der Waals surface area contributed by atoms with Crippen LogP contribution in [0.1, 0.15) is 63.1 Å². The second-order valence-corrected chi connectivity index (χ2v) is 8.31. The first-order valence-corrected chi connectivity index (χ1v) is 10.9. The number of phenolic OH excluding ortho intramolecular Hbond substituents is 2. The van der Waals surface area contributed by atoms with Gasteiger partial charge in [0.15, 0.2) is 5.60 Å². The van der Waals surface area contributed by atoms with E-state index in [4.69, 9.17) is 18.9 Å². The van der Waals surface area contributed by atoms with Gasteiger partial charge < -0.3 is 34.3 Å². The molecule has 0 fully saturated rings. The maximum Gasteiger partial charge on any atom is 0.340 e. The molecule has 0 saturated heterocycles. The van der Waals surface area contributed by atoms with Gasteiger partial charge >= 0.3 is 23.9 Å². The molecule has 2 heterocycles. The number of carbonyl (C=O) groups is 4. The molecule has 5 rings (SSSR count). The summed E-state index contributed by atoms with van der Waals surface area (Å²) in [5.41, 5.74) is -2.75. The van der Waals surface area contributed by atoms with E-state index in [2.05, 4.69) is 0 Å². The number of carboxylic acids is 1. The maximum atomic E-state index is 13.0. The Hall–Kier alpha value is -5.06. The average Bonchev–Trinajstić information content (AvgIpc) is 3.10. The molecule has 188 valence electrons. The summed E-state index contributed by atoms with van der Waals surface area (Å²) >= 11 is 0. The zero-order valence-corrected chi connectivity index (χ0v) is 19.3. The number of benzene rings is 3. The number of carbonyl (C=O) groups excluding carboxylic acids is 3. The van der Waals surface area contributed by atoms with E-state index in [1.165, 1.54) is 24.3 Å². The number of carboxylic acid groups (broad SMARTS) is 1. The summed E-state index contributed by atoms with van der Waals surface area (Å²) in [6.45, 7) is 2.02. The molecule has 1 atom stereocenters. The summed E-state index contributed by atoms with van der Waals surface area (Å²) in [5.74, 6) is -5.34. The van der Waals surface area contributed by atoms with Gasteiger partial charge in [-0.05, 0) is 18.2 Å². The normalized spacial score (nSPS) is 16.8. The second-order valence-electron chi connectivity index (χ2n) is 8.31. The van der Waals surface area contributed by atoms with Gasteiger partial charge in [-0.1, -0.05) is 18.2 Å². The van der Waals surface area contributed by atoms with Crippen LogP contribution < -0.4 is 4.74 Å². The van der Waals surface area contributed by atoms with Gasteiger partial charge in [-0.2, -0.15) is 0 Å². The molecule has 3 N–H and O–H groups in total. The molecule has 37 heavy (non-hydrogen) atoms. The molecule has 1 spiro atoms. The second kappa shape index (κ2) is 8.26. The molecule has 0 bridgehead atoms. The molecule has 2 aliphatic heterocycles. The smallest absolute Gasteiger partial charge is 0.340 e. The van der Waals surface area contributed by atoms with E-state index < -0.39 is 52.6 Å². The summed E-state index contributed by atoms with van der Waals surface area (Å²) < 4.78 is 21.9. The van der Waals surface area contributed by atoms with Crippen molar-refractivity contribution in [1.82, 2.24) is 0 Å². The monoisotopic (exact) mass is 506 g/mol. The standard InChI is InChI=1S/C26H18O11/c1-11(27)34-25(35-12(2)28)20-17(30)10-19-22(21(20)23(31)32)26(16-8-7-13(29)9-18(16)36-19)15-6-4-3-5-14(15)24(33)37-26/h3-10,25,29-30H,1-2H3,(H,31,32). The maximum absolute atomic E-state index is 13.0. The fourth-order valence-electron chi connectivity index (χ4n) is 4.74. The third kappa shape index (κ3) is 3.51. The predicted octanol–water partition coefficient (Wildman–Crippen LogP) is 3.49. The van der Waals surface area contributed by atoms with Crippen LogP contribution >= 0.6 is 0 Å². The first kappa shape index (κ1) is 23.7. The fraction of sp³-hybridized carbons (Fsp3) is 0.154. The largest absolute Gasteiger partial charge is 0.508 e. The molecule has 0 aliphatic carbocycles. The molecule has 0 saturated carbocycles. The number of ether oxygens (including phenoxy) is 4.